The molecule has 1 aliphatic rings. The highest BCUT2D eigenvalue weighted by atomic mass is 32.2. The Morgan fingerprint density at radius 1 is 0.826 bits per heavy atom. The van der Waals surface area contributed by atoms with E-state index in [1.165, 1.54) is 30.3 Å². The van der Waals surface area contributed by atoms with Gasteiger partial charge in [0.05, 0.1) is 37.3 Å². The highest BCUT2D eigenvalue weighted by Crippen LogP contribution is 2.32. The molecule has 0 spiro atoms. The van der Waals surface area contributed by atoms with Gasteiger partial charge in [-0.2, -0.15) is 8.42 Å². The van der Waals surface area contributed by atoms with Gasteiger partial charge in [-0.05, 0) is 23.3 Å². The summed E-state index contributed by atoms with van der Waals surface area (Å²) in [5.74, 6) is -4.25. The van der Waals surface area contributed by atoms with Gasteiger partial charge >= 0.3 is 11.9 Å². The molecule has 0 aromatic heterocycles. The second-order valence-electron chi connectivity index (χ2n) is 10.3. The summed E-state index contributed by atoms with van der Waals surface area (Å²) in [6.45, 7) is -1.12. The molecule has 3 aromatic rings. The maximum atomic E-state index is 13.9. The van der Waals surface area contributed by atoms with E-state index >= 15 is 0 Å². The lowest BCUT2D eigenvalue weighted by molar-refractivity contribution is -0.174. The molecule has 1 aliphatic heterocycles. The van der Waals surface area contributed by atoms with Crippen LogP contribution in [0.3, 0.4) is 0 Å². The number of benzene rings is 3. The van der Waals surface area contributed by atoms with E-state index < -0.39 is 73.7 Å². The van der Waals surface area contributed by atoms with E-state index in [-0.39, 0.29) is 17.9 Å². The molecule has 1 fully saturated rings. The van der Waals surface area contributed by atoms with Crippen LogP contribution in [0.25, 0.3) is 0 Å². The zero-order valence-electron chi connectivity index (χ0n) is 24.8. The third-order valence-electron chi connectivity index (χ3n) is 7.13. The van der Waals surface area contributed by atoms with Gasteiger partial charge in [0.1, 0.15) is 12.6 Å². The molecule has 15 heteroatoms. The average molecular weight is 673 g/mol. The Balaban J connectivity index is 1.75. The Labute approximate surface area is 266 Å². The van der Waals surface area contributed by atoms with E-state index in [4.69, 9.17) is 13.7 Å². The standard InChI is InChI=1S/C31H32N2O11S2/c1-42-31(37)28(46(40,41)23-16-10-5-11-17-23)27(30(36)43-19-22-14-8-4-9-15-22)33-24(20-44-45(2,38)39)26(29(33)35)32-25(34)18-21-12-6-3-7-13-21/h3-17,24,26-28H,18-20H2,1-2H3,(H,32,34)/t24-,26+,27?,28?/m1/s1. The summed E-state index contributed by atoms with van der Waals surface area (Å²) in [5.41, 5.74) is 1.14. The third-order valence-corrected chi connectivity index (χ3v) is 9.74. The lowest BCUT2D eigenvalue weighted by Crippen LogP contribution is -2.77. The molecule has 4 atom stereocenters. The van der Waals surface area contributed by atoms with Crippen molar-refractivity contribution in [3.8, 4) is 0 Å². The SMILES string of the molecule is COC(=O)C(C(C(=O)OCc1ccccc1)N1C(=O)[C@@H](NC(=O)Cc2ccccc2)[C@H]1COS(C)(=O)=O)S(=O)(=O)c1ccccc1. The minimum atomic E-state index is -4.75. The smallest absolute Gasteiger partial charge is 0.331 e. The molecule has 2 unspecified atom stereocenters. The van der Waals surface area contributed by atoms with Gasteiger partial charge in [-0.3, -0.25) is 18.6 Å². The number of likely N-dealkylation sites (tertiary alicyclic amines) is 1. The number of amides is 2. The van der Waals surface area contributed by atoms with Crippen molar-refractivity contribution >= 4 is 43.7 Å². The van der Waals surface area contributed by atoms with Crippen molar-refractivity contribution in [2.45, 2.75) is 41.3 Å². The summed E-state index contributed by atoms with van der Waals surface area (Å²) in [7, 11) is -7.95. The molecule has 3 aromatic carbocycles. The molecule has 2 amide bonds. The average Bonchev–Trinajstić information content (AvgIpc) is 3.04. The molecule has 0 radical (unpaired) electrons. The van der Waals surface area contributed by atoms with Crippen LogP contribution in [-0.4, -0.2) is 88.8 Å². The van der Waals surface area contributed by atoms with Crippen molar-refractivity contribution < 1.29 is 49.7 Å². The summed E-state index contributed by atoms with van der Waals surface area (Å²) in [6.07, 6.45) is 0.615. The molecule has 244 valence electrons. The first-order valence-electron chi connectivity index (χ1n) is 13.9. The zero-order chi connectivity index (χ0) is 33.5. The number of sulfone groups is 1. The van der Waals surface area contributed by atoms with Crippen molar-refractivity contribution in [1.82, 2.24) is 10.2 Å². The van der Waals surface area contributed by atoms with E-state index in [1.54, 1.807) is 60.7 Å². The molecule has 0 saturated carbocycles. The molecule has 46 heavy (non-hydrogen) atoms. The van der Waals surface area contributed by atoms with E-state index in [1.807, 2.05) is 0 Å². The number of nitrogens with one attached hydrogen (secondary N) is 1. The highest BCUT2D eigenvalue weighted by molar-refractivity contribution is 7.93. The van der Waals surface area contributed by atoms with Gasteiger partial charge in [0.15, 0.2) is 21.1 Å². The topological polar surface area (TPSA) is 180 Å². The predicted octanol–water partition coefficient (Wildman–Crippen LogP) is 1.03. The number of hydrogen-bond acceptors (Lipinski definition) is 11. The molecule has 1 N–H and O–H groups in total. The Kier molecular flexibility index (Phi) is 10.9. The number of rotatable bonds is 14. The number of ether oxygens (including phenoxy) is 2. The second-order valence-corrected chi connectivity index (χ2v) is 14.1. The highest BCUT2D eigenvalue weighted by Gasteiger charge is 2.60. The molecule has 0 bridgehead atoms. The van der Waals surface area contributed by atoms with Gasteiger partial charge in [0.25, 0.3) is 10.1 Å². The quantitative estimate of drug-likeness (QED) is 0.147. The first-order valence-corrected chi connectivity index (χ1v) is 17.3. The Hall–Kier alpha value is -4.60. The van der Waals surface area contributed by atoms with Gasteiger partial charge in [-0.15, -0.1) is 0 Å². The number of nitrogens with zero attached hydrogens (tertiary/aromatic N) is 1. The molecule has 0 aliphatic carbocycles. The van der Waals surface area contributed by atoms with Crippen molar-refractivity contribution in [2.75, 3.05) is 20.0 Å². The van der Waals surface area contributed by atoms with E-state index in [2.05, 4.69) is 5.32 Å². The monoisotopic (exact) mass is 672 g/mol. The summed E-state index contributed by atoms with van der Waals surface area (Å²) in [6, 6.07) is 18.7. The predicted molar refractivity (Wildman–Crippen MR) is 163 cm³/mol. The minimum absolute atomic E-state index is 0.139. The molecule has 1 heterocycles. The van der Waals surface area contributed by atoms with Gasteiger partial charge < -0.3 is 19.7 Å². The number of methoxy groups -OCH3 is 1. The number of esters is 2. The zero-order valence-corrected chi connectivity index (χ0v) is 26.5. The van der Waals surface area contributed by atoms with Crippen molar-refractivity contribution in [2.24, 2.45) is 0 Å². The van der Waals surface area contributed by atoms with Crippen molar-refractivity contribution in [3.05, 3.63) is 102 Å². The molecular weight excluding hydrogens is 640 g/mol. The van der Waals surface area contributed by atoms with Gasteiger partial charge in [-0.1, -0.05) is 78.9 Å². The Bertz CT molecular complexity index is 1770. The fourth-order valence-electron chi connectivity index (χ4n) is 4.94. The number of hydrogen-bond donors (Lipinski definition) is 1. The van der Waals surface area contributed by atoms with E-state index in [9.17, 15) is 36.0 Å². The van der Waals surface area contributed by atoms with Crippen LogP contribution in [-0.2, 0) is 65.8 Å². The number of β-lactam (4-membered cyclic amide) rings is 1. The first-order chi connectivity index (χ1) is 21.8. The van der Waals surface area contributed by atoms with Gasteiger partial charge in [0, 0.05) is 0 Å². The lowest BCUT2D eigenvalue weighted by Gasteiger charge is -2.50. The maximum Gasteiger partial charge on any atom is 0.331 e. The van der Waals surface area contributed by atoms with Crippen LogP contribution in [0.15, 0.2) is 95.9 Å². The fourth-order valence-corrected chi connectivity index (χ4v) is 7.09. The van der Waals surface area contributed by atoms with Crippen molar-refractivity contribution in [1.29, 1.82) is 0 Å². The van der Waals surface area contributed by atoms with Crippen LogP contribution >= 0.6 is 0 Å². The first kappa shape index (κ1) is 34.3. The van der Waals surface area contributed by atoms with Gasteiger partial charge in [0.2, 0.25) is 11.8 Å². The molecule has 1 saturated heterocycles. The lowest BCUT2D eigenvalue weighted by atomic mass is 9.91. The Morgan fingerprint density at radius 2 is 1.37 bits per heavy atom. The van der Waals surface area contributed by atoms with E-state index in [0.717, 1.165) is 13.4 Å². The molecule has 4 rings (SSSR count). The molecule has 13 nitrogen and oxygen atoms in total. The number of carbonyl (C=O) groups excluding carboxylic acids is 4. The van der Waals surface area contributed by atoms with Gasteiger partial charge in [-0.25, -0.2) is 13.2 Å². The van der Waals surface area contributed by atoms with Crippen LogP contribution < -0.4 is 5.32 Å². The maximum absolute atomic E-state index is 13.9. The summed E-state index contributed by atoms with van der Waals surface area (Å²) in [4.78, 5) is 54.1. The van der Waals surface area contributed by atoms with Crippen LogP contribution in [0.4, 0.5) is 0 Å². The minimum Gasteiger partial charge on any atom is -0.468 e. The van der Waals surface area contributed by atoms with Crippen LogP contribution in [0.2, 0.25) is 0 Å². The van der Waals surface area contributed by atoms with Crippen LogP contribution in [0, 0.1) is 0 Å². The second kappa shape index (κ2) is 14.7. The summed E-state index contributed by atoms with van der Waals surface area (Å²) < 4.78 is 67.0. The fraction of sp³-hybridized carbons (Fsp3) is 0.290. The van der Waals surface area contributed by atoms with E-state index in [0.29, 0.717) is 16.0 Å². The van der Waals surface area contributed by atoms with Crippen LogP contribution in [0.1, 0.15) is 11.1 Å². The third kappa shape index (κ3) is 8.16. The van der Waals surface area contributed by atoms with Crippen molar-refractivity contribution in [3.63, 3.8) is 0 Å². The Morgan fingerprint density at radius 3 is 1.91 bits per heavy atom. The number of carbonyl (C=O) groups is 4. The summed E-state index contributed by atoms with van der Waals surface area (Å²) in [5, 5.41) is 0.173. The largest absolute Gasteiger partial charge is 0.468 e. The van der Waals surface area contributed by atoms with Crippen LogP contribution in [0.5, 0.6) is 0 Å². The normalized spacial score (nSPS) is 17.7. The summed E-state index contributed by atoms with van der Waals surface area (Å²) >= 11 is 0. The molecular formula is C31H32N2O11S2.